The minimum Gasteiger partial charge on any atom is -0.493 e. The van der Waals surface area contributed by atoms with E-state index in [1.165, 1.54) is 0 Å². The van der Waals surface area contributed by atoms with E-state index in [-0.39, 0.29) is 6.61 Å². The number of nitrogens with one attached hydrogen (secondary N) is 1. The highest BCUT2D eigenvalue weighted by atomic mass is 16.5. The number of aliphatic hydroxyl groups excluding tert-OH is 1. The van der Waals surface area contributed by atoms with Crippen molar-refractivity contribution < 1.29 is 19.3 Å². The third-order valence-corrected chi connectivity index (χ3v) is 2.65. The van der Waals surface area contributed by atoms with Gasteiger partial charge in [-0.2, -0.15) is 0 Å². The van der Waals surface area contributed by atoms with Crippen LogP contribution < -0.4 is 14.2 Å². The Kier molecular flexibility index (Phi) is 3.10. The molecular weight excluding hydrogens is 222 g/mol. The van der Waals surface area contributed by atoms with E-state index in [0.717, 1.165) is 10.9 Å². The van der Waals surface area contributed by atoms with Crippen LogP contribution in [0.2, 0.25) is 0 Å². The summed E-state index contributed by atoms with van der Waals surface area (Å²) in [6.07, 6.45) is 0. The quantitative estimate of drug-likeness (QED) is 0.849. The molecule has 0 aliphatic rings. The van der Waals surface area contributed by atoms with Crippen LogP contribution in [0.25, 0.3) is 10.9 Å². The average Bonchev–Trinajstić information content (AvgIpc) is 2.78. The Morgan fingerprint density at radius 2 is 1.76 bits per heavy atom. The molecule has 2 rings (SSSR count). The fraction of sp³-hybridized carbons (Fsp3) is 0.333. The van der Waals surface area contributed by atoms with Gasteiger partial charge >= 0.3 is 0 Å². The zero-order chi connectivity index (χ0) is 12.4. The molecule has 0 amide bonds. The van der Waals surface area contributed by atoms with Crippen molar-refractivity contribution in [1.29, 1.82) is 0 Å². The van der Waals surface area contributed by atoms with Crippen LogP contribution in [-0.2, 0) is 6.61 Å². The Morgan fingerprint density at radius 3 is 2.29 bits per heavy atom. The number of benzene rings is 1. The van der Waals surface area contributed by atoms with Gasteiger partial charge in [0.05, 0.1) is 33.5 Å². The van der Waals surface area contributed by atoms with Gasteiger partial charge in [-0.3, -0.25) is 0 Å². The standard InChI is InChI=1S/C12H15NO4/c1-15-9-5-7-4-8(6-14)13-10(7)12(17-3)11(9)16-2/h4-5,13-14H,6H2,1-3H3. The summed E-state index contributed by atoms with van der Waals surface area (Å²) in [6.45, 7) is -0.0531. The van der Waals surface area contributed by atoms with Crippen LogP contribution >= 0.6 is 0 Å². The number of rotatable bonds is 4. The molecule has 17 heavy (non-hydrogen) atoms. The van der Waals surface area contributed by atoms with Gasteiger partial charge in [0.25, 0.3) is 0 Å². The number of aromatic amines is 1. The number of ether oxygens (including phenoxy) is 3. The molecule has 2 N–H and O–H groups in total. The van der Waals surface area contributed by atoms with Crippen LogP contribution in [0.3, 0.4) is 0 Å². The van der Waals surface area contributed by atoms with Crippen LogP contribution in [0.5, 0.6) is 17.2 Å². The van der Waals surface area contributed by atoms with Gasteiger partial charge in [0, 0.05) is 11.1 Å². The number of aliphatic hydroxyl groups is 1. The van der Waals surface area contributed by atoms with Crippen molar-refractivity contribution in [3.05, 3.63) is 17.8 Å². The van der Waals surface area contributed by atoms with Crippen molar-refractivity contribution in [3.63, 3.8) is 0 Å². The zero-order valence-corrected chi connectivity index (χ0v) is 10.0. The molecule has 0 atom stereocenters. The first-order valence-corrected chi connectivity index (χ1v) is 5.16. The summed E-state index contributed by atoms with van der Waals surface area (Å²) in [4.78, 5) is 3.08. The van der Waals surface area contributed by atoms with Crippen molar-refractivity contribution in [3.8, 4) is 17.2 Å². The molecule has 92 valence electrons. The van der Waals surface area contributed by atoms with Crippen molar-refractivity contribution in [2.45, 2.75) is 6.61 Å². The summed E-state index contributed by atoms with van der Waals surface area (Å²) in [5, 5.41) is 10.0. The number of hydrogen-bond acceptors (Lipinski definition) is 4. The Bertz CT molecular complexity index is 533. The summed E-state index contributed by atoms with van der Waals surface area (Å²) in [5.41, 5.74) is 1.50. The van der Waals surface area contributed by atoms with E-state index in [1.807, 2.05) is 12.1 Å². The zero-order valence-electron chi connectivity index (χ0n) is 10.0. The normalized spacial score (nSPS) is 10.6. The predicted octanol–water partition coefficient (Wildman–Crippen LogP) is 1.69. The lowest BCUT2D eigenvalue weighted by atomic mass is 10.2. The summed E-state index contributed by atoms with van der Waals surface area (Å²) in [6, 6.07) is 3.69. The van der Waals surface area contributed by atoms with Crippen LogP contribution in [0.4, 0.5) is 0 Å². The van der Waals surface area contributed by atoms with E-state index >= 15 is 0 Å². The monoisotopic (exact) mass is 237 g/mol. The van der Waals surface area contributed by atoms with Gasteiger partial charge in [-0.1, -0.05) is 0 Å². The second-order valence-electron chi connectivity index (χ2n) is 3.56. The number of H-pyrrole nitrogens is 1. The molecule has 0 saturated carbocycles. The molecule has 0 aliphatic heterocycles. The predicted molar refractivity (Wildman–Crippen MR) is 63.9 cm³/mol. The Balaban J connectivity index is 2.76. The van der Waals surface area contributed by atoms with Crippen molar-refractivity contribution >= 4 is 10.9 Å². The maximum absolute atomic E-state index is 9.12. The fourth-order valence-corrected chi connectivity index (χ4v) is 1.89. The first-order chi connectivity index (χ1) is 8.24. The van der Waals surface area contributed by atoms with E-state index in [9.17, 15) is 0 Å². The van der Waals surface area contributed by atoms with E-state index in [2.05, 4.69) is 4.98 Å². The molecule has 0 spiro atoms. The van der Waals surface area contributed by atoms with E-state index < -0.39 is 0 Å². The third kappa shape index (κ3) is 1.78. The van der Waals surface area contributed by atoms with Crippen molar-refractivity contribution in [2.75, 3.05) is 21.3 Å². The first kappa shape index (κ1) is 11.6. The SMILES string of the molecule is COc1cc2cc(CO)[nH]c2c(OC)c1OC. The molecule has 0 unspecified atom stereocenters. The molecule has 0 saturated heterocycles. The average molecular weight is 237 g/mol. The topological polar surface area (TPSA) is 63.7 Å². The van der Waals surface area contributed by atoms with E-state index in [1.54, 1.807) is 21.3 Å². The van der Waals surface area contributed by atoms with Gasteiger partial charge in [-0.25, -0.2) is 0 Å². The molecule has 1 aromatic carbocycles. The van der Waals surface area contributed by atoms with E-state index in [4.69, 9.17) is 19.3 Å². The summed E-state index contributed by atoms with van der Waals surface area (Å²) >= 11 is 0. The Morgan fingerprint density at radius 1 is 1.06 bits per heavy atom. The second-order valence-corrected chi connectivity index (χ2v) is 3.56. The summed E-state index contributed by atoms with van der Waals surface area (Å²) in [7, 11) is 4.70. The van der Waals surface area contributed by atoms with Crippen molar-refractivity contribution in [2.24, 2.45) is 0 Å². The van der Waals surface area contributed by atoms with Crippen LogP contribution in [0.1, 0.15) is 5.69 Å². The molecular formula is C12H15NO4. The molecule has 1 aromatic heterocycles. The Labute approximate surface area is 98.9 Å². The largest absolute Gasteiger partial charge is 0.493 e. The molecule has 5 heteroatoms. The minimum absolute atomic E-state index is 0.0531. The lowest BCUT2D eigenvalue weighted by molar-refractivity contribution is 0.278. The van der Waals surface area contributed by atoms with Crippen LogP contribution in [0.15, 0.2) is 12.1 Å². The highest BCUT2D eigenvalue weighted by Gasteiger charge is 2.17. The first-order valence-electron chi connectivity index (χ1n) is 5.16. The number of fused-ring (bicyclic) bond motifs is 1. The maximum atomic E-state index is 9.12. The lowest BCUT2D eigenvalue weighted by Gasteiger charge is -2.12. The number of aromatic nitrogens is 1. The highest BCUT2D eigenvalue weighted by Crippen LogP contribution is 2.43. The molecule has 2 aromatic rings. The number of hydrogen-bond donors (Lipinski definition) is 2. The van der Waals surface area contributed by atoms with Gasteiger partial charge in [0.15, 0.2) is 11.5 Å². The third-order valence-electron chi connectivity index (χ3n) is 2.65. The van der Waals surface area contributed by atoms with Crippen LogP contribution in [0, 0.1) is 0 Å². The maximum Gasteiger partial charge on any atom is 0.205 e. The summed E-state index contributed by atoms with van der Waals surface area (Å²) < 4.78 is 15.9. The Hall–Kier alpha value is -1.88. The van der Waals surface area contributed by atoms with E-state index in [0.29, 0.717) is 22.9 Å². The van der Waals surface area contributed by atoms with Gasteiger partial charge in [0.2, 0.25) is 5.75 Å². The van der Waals surface area contributed by atoms with Crippen LogP contribution in [-0.4, -0.2) is 31.4 Å². The van der Waals surface area contributed by atoms with Gasteiger partial charge in [-0.05, 0) is 12.1 Å². The summed E-state index contributed by atoms with van der Waals surface area (Å²) in [5.74, 6) is 1.70. The molecule has 0 fully saturated rings. The minimum atomic E-state index is -0.0531. The molecule has 0 aliphatic carbocycles. The second kappa shape index (κ2) is 4.55. The van der Waals surface area contributed by atoms with Gasteiger partial charge in [-0.15, -0.1) is 0 Å². The smallest absolute Gasteiger partial charge is 0.205 e. The number of methoxy groups -OCH3 is 3. The highest BCUT2D eigenvalue weighted by molar-refractivity contribution is 5.91. The molecule has 5 nitrogen and oxygen atoms in total. The molecule has 0 bridgehead atoms. The van der Waals surface area contributed by atoms with Crippen molar-refractivity contribution in [1.82, 2.24) is 4.98 Å². The fourth-order valence-electron chi connectivity index (χ4n) is 1.89. The molecule has 0 radical (unpaired) electrons. The van der Waals surface area contributed by atoms with Gasteiger partial charge < -0.3 is 24.3 Å². The lowest BCUT2D eigenvalue weighted by Crippen LogP contribution is -1.95. The molecule has 1 heterocycles. The van der Waals surface area contributed by atoms with Gasteiger partial charge in [0.1, 0.15) is 0 Å².